The van der Waals surface area contributed by atoms with Gasteiger partial charge in [-0.2, -0.15) is 5.10 Å². The molecule has 0 bridgehead atoms. The number of ether oxygens (including phenoxy) is 1. The van der Waals surface area contributed by atoms with E-state index in [4.69, 9.17) is 9.15 Å². The summed E-state index contributed by atoms with van der Waals surface area (Å²) in [5, 5.41) is 16.2. The fourth-order valence-electron chi connectivity index (χ4n) is 3.57. The third-order valence-corrected chi connectivity index (χ3v) is 5.20. The molecule has 2 N–H and O–H groups in total. The maximum atomic E-state index is 12.9. The van der Waals surface area contributed by atoms with Gasteiger partial charge in [-0.15, -0.1) is 0 Å². The number of aromatic hydroxyl groups is 1. The van der Waals surface area contributed by atoms with Crippen LogP contribution < -0.4 is 11.0 Å². The Kier molecular flexibility index (Phi) is 4.37. The summed E-state index contributed by atoms with van der Waals surface area (Å²) in [6.07, 6.45) is 4.45. The molecule has 0 amide bonds. The molecule has 2 aliphatic heterocycles. The number of fused-ring (bicyclic) bond motifs is 2. The number of aromatic amines is 1. The molecule has 9 nitrogen and oxygen atoms in total. The molecule has 0 unspecified atom stereocenters. The summed E-state index contributed by atoms with van der Waals surface area (Å²) in [4.78, 5) is 37.1. The van der Waals surface area contributed by atoms with Gasteiger partial charge in [0.05, 0.1) is 23.6 Å². The van der Waals surface area contributed by atoms with Crippen LogP contribution in [-0.4, -0.2) is 33.0 Å². The molecule has 2 aliphatic rings. The van der Waals surface area contributed by atoms with Crippen molar-refractivity contribution < 1.29 is 19.1 Å². The maximum absolute atomic E-state index is 12.9. The van der Waals surface area contributed by atoms with Gasteiger partial charge in [-0.05, 0) is 29.8 Å². The predicted molar refractivity (Wildman–Crippen MR) is 115 cm³/mol. The molecule has 0 radical (unpaired) electrons. The van der Waals surface area contributed by atoms with Crippen LogP contribution >= 0.6 is 0 Å². The van der Waals surface area contributed by atoms with Crippen LogP contribution in [0.5, 0.6) is 5.75 Å². The Balaban J connectivity index is 1.60. The Labute approximate surface area is 179 Å². The van der Waals surface area contributed by atoms with Crippen molar-refractivity contribution in [2.45, 2.75) is 0 Å². The number of esters is 1. The lowest BCUT2D eigenvalue weighted by atomic mass is 10.0. The number of aromatic nitrogens is 3. The number of nitrogens with one attached hydrogen (secondary N) is 1. The smallest absolute Gasteiger partial charge is 0.341 e. The van der Waals surface area contributed by atoms with Gasteiger partial charge in [0.1, 0.15) is 28.9 Å². The maximum Gasteiger partial charge on any atom is 0.341 e. The highest BCUT2D eigenvalue weighted by Gasteiger charge is 2.22. The Morgan fingerprint density at radius 3 is 2.62 bits per heavy atom. The van der Waals surface area contributed by atoms with Crippen molar-refractivity contribution in [1.29, 1.82) is 0 Å². The number of pyridine rings is 1. The third-order valence-electron chi connectivity index (χ3n) is 5.20. The molecule has 0 saturated carbocycles. The van der Waals surface area contributed by atoms with Crippen LogP contribution in [0.3, 0.4) is 0 Å². The van der Waals surface area contributed by atoms with Crippen LogP contribution in [0.1, 0.15) is 10.4 Å². The van der Waals surface area contributed by atoms with Crippen molar-refractivity contribution in [3.05, 3.63) is 87.3 Å². The van der Waals surface area contributed by atoms with Gasteiger partial charge in [0.15, 0.2) is 5.43 Å². The van der Waals surface area contributed by atoms with Crippen molar-refractivity contribution in [3.8, 4) is 33.8 Å². The van der Waals surface area contributed by atoms with Gasteiger partial charge in [0.25, 0.3) is 5.56 Å². The molecule has 0 fully saturated rings. The number of nitrogens with zero attached hydrogens (tertiary/aromatic N) is 2. The molecule has 158 valence electrons. The lowest BCUT2D eigenvalue weighted by Gasteiger charge is -2.12. The Morgan fingerprint density at radius 1 is 1.09 bits per heavy atom. The second-order valence-electron chi connectivity index (χ2n) is 7.09. The number of benzene rings is 2. The van der Waals surface area contributed by atoms with E-state index in [-0.39, 0.29) is 28.0 Å². The molecule has 0 aliphatic carbocycles. The zero-order chi connectivity index (χ0) is 22.4. The molecule has 9 heteroatoms. The number of hydrogen-bond donors (Lipinski definition) is 2. The number of hydrogen-bond acceptors (Lipinski definition) is 7. The zero-order valence-corrected chi connectivity index (χ0v) is 16.7. The highest BCUT2D eigenvalue weighted by atomic mass is 16.5. The van der Waals surface area contributed by atoms with Crippen LogP contribution in [-0.2, 0) is 4.74 Å². The summed E-state index contributed by atoms with van der Waals surface area (Å²) in [5.74, 6) is -0.607. The van der Waals surface area contributed by atoms with E-state index in [1.54, 1.807) is 35.0 Å². The molecule has 1 aromatic heterocycles. The number of phenols is 1. The topological polar surface area (TPSA) is 127 Å². The molecule has 0 atom stereocenters. The first kappa shape index (κ1) is 19.3. The van der Waals surface area contributed by atoms with Crippen LogP contribution in [0.15, 0.2) is 75.1 Å². The Hall–Kier alpha value is -4.66. The second kappa shape index (κ2) is 7.24. The second-order valence-corrected chi connectivity index (χ2v) is 7.09. The van der Waals surface area contributed by atoms with Gasteiger partial charge >= 0.3 is 5.97 Å². The normalized spacial score (nSPS) is 11.2. The first-order valence-corrected chi connectivity index (χ1v) is 9.50. The number of methoxy groups -OCH3 is 1. The monoisotopic (exact) mass is 429 g/mol. The van der Waals surface area contributed by atoms with Crippen LogP contribution in [0, 0.1) is 0 Å². The standard InChI is InChI=1S/C23H15N3O6/c1-31-23(30)17-10-26(9-16-20(17)24-25-22(16)29)13-4-2-12(3-5-13)18-11-32-19-8-14(27)6-7-15(19)21(18)28/h2-11,27H,1H3,(H,25,29). The average Bonchev–Trinajstić information content (AvgIpc) is 3.19. The first-order chi connectivity index (χ1) is 15.5. The van der Waals surface area contributed by atoms with Crippen molar-refractivity contribution in [2.24, 2.45) is 0 Å². The molecular formula is C23H15N3O6. The summed E-state index contributed by atoms with van der Waals surface area (Å²) >= 11 is 0. The van der Waals surface area contributed by atoms with Gasteiger partial charge in [-0.1, -0.05) is 12.1 Å². The number of carbonyl (C=O) groups is 1. The largest absolute Gasteiger partial charge is 0.508 e. The zero-order valence-electron chi connectivity index (χ0n) is 16.7. The molecule has 32 heavy (non-hydrogen) atoms. The molecule has 5 rings (SSSR count). The van der Waals surface area contributed by atoms with E-state index in [0.717, 1.165) is 0 Å². The minimum absolute atomic E-state index is 0.0110. The van der Waals surface area contributed by atoms with E-state index < -0.39 is 11.5 Å². The SMILES string of the molecule is COC(=O)c1cn(-c2ccc(-c3coc4cc(O)ccc4c3=O)cc2)cc2c(=O)[nH]nc1-2. The highest BCUT2D eigenvalue weighted by molar-refractivity contribution is 5.96. The molecule has 0 spiro atoms. The molecule has 3 heterocycles. The van der Waals surface area contributed by atoms with Crippen molar-refractivity contribution in [1.82, 2.24) is 14.8 Å². The fraction of sp³-hybridized carbons (Fsp3) is 0.0435. The summed E-state index contributed by atoms with van der Waals surface area (Å²) < 4.78 is 11.9. The van der Waals surface area contributed by atoms with E-state index in [9.17, 15) is 19.5 Å². The predicted octanol–water partition coefficient (Wildman–Crippen LogP) is 2.93. The van der Waals surface area contributed by atoms with E-state index in [1.165, 1.54) is 37.8 Å². The van der Waals surface area contributed by atoms with Gasteiger partial charge in [0, 0.05) is 24.1 Å². The number of carbonyl (C=O) groups excluding carboxylic acids is 1. The molecule has 0 saturated heterocycles. The summed E-state index contributed by atoms with van der Waals surface area (Å²) in [6, 6.07) is 11.3. The quantitative estimate of drug-likeness (QED) is 0.422. The number of phenolic OH excluding ortho intramolecular Hbond substituents is 1. The number of H-pyrrole nitrogens is 1. The first-order valence-electron chi connectivity index (χ1n) is 9.50. The summed E-state index contributed by atoms with van der Waals surface area (Å²) in [6.45, 7) is 0. The average molecular weight is 429 g/mol. The Morgan fingerprint density at radius 2 is 1.88 bits per heavy atom. The van der Waals surface area contributed by atoms with E-state index in [1.807, 2.05) is 0 Å². The highest BCUT2D eigenvalue weighted by Crippen LogP contribution is 2.26. The van der Waals surface area contributed by atoms with Crippen molar-refractivity contribution >= 4 is 16.9 Å². The van der Waals surface area contributed by atoms with Gasteiger partial charge in [0.2, 0.25) is 0 Å². The third kappa shape index (κ3) is 3.03. The minimum Gasteiger partial charge on any atom is -0.508 e. The Bertz CT molecular complexity index is 1580. The molecule has 3 aromatic rings. The minimum atomic E-state index is -0.618. The lowest BCUT2D eigenvalue weighted by Crippen LogP contribution is -2.11. The van der Waals surface area contributed by atoms with Crippen molar-refractivity contribution in [2.75, 3.05) is 7.11 Å². The van der Waals surface area contributed by atoms with Crippen LogP contribution in [0.25, 0.3) is 39.0 Å². The van der Waals surface area contributed by atoms with E-state index in [0.29, 0.717) is 27.8 Å². The summed E-state index contributed by atoms with van der Waals surface area (Å²) in [5.41, 5.74) is 1.91. The van der Waals surface area contributed by atoms with Crippen LogP contribution in [0.2, 0.25) is 0 Å². The van der Waals surface area contributed by atoms with Gasteiger partial charge in [-0.3, -0.25) is 9.59 Å². The number of rotatable bonds is 3. The van der Waals surface area contributed by atoms with E-state index in [2.05, 4.69) is 10.2 Å². The van der Waals surface area contributed by atoms with Gasteiger partial charge in [-0.25, -0.2) is 9.89 Å². The molecular weight excluding hydrogens is 414 g/mol. The van der Waals surface area contributed by atoms with Gasteiger partial charge < -0.3 is 18.8 Å². The summed E-state index contributed by atoms with van der Waals surface area (Å²) in [7, 11) is 1.25. The van der Waals surface area contributed by atoms with Crippen molar-refractivity contribution in [3.63, 3.8) is 0 Å². The lowest BCUT2D eigenvalue weighted by molar-refractivity contribution is 0.0600. The van der Waals surface area contributed by atoms with Crippen LogP contribution in [0.4, 0.5) is 0 Å². The van der Waals surface area contributed by atoms with E-state index >= 15 is 0 Å². The fourth-order valence-corrected chi connectivity index (χ4v) is 3.57. The molecule has 2 aromatic carbocycles.